The zero-order valence-corrected chi connectivity index (χ0v) is 10.9. The maximum atomic E-state index is 3.41. The minimum absolute atomic E-state index is 0.794. The van der Waals surface area contributed by atoms with E-state index in [0.717, 1.165) is 12.3 Å². The van der Waals surface area contributed by atoms with E-state index in [9.17, 15) is 0 Å². The maximum absolute atomic E-state index is 3.41. The molecule has 1 aromatic carbocycles. The molecule has 0 bridgehead atoms. The van der Waals surface area contributed by atoms with Crippen LogP contribution in [-0.2, 0) is 6.42 Å². The van der Waals surface area contributed by atoms with E-state index in [1.807, 2.05) is 13.8 Å². The SMILES string of the molecule is CC.CCc1ccc(C2CCNCC2)cc1. The Hall–Kier alpha value is -0.820. The van der Waals surface area contributed by atoms with Gasteiger partial charge in [0.05, 0.1) is 0 Å². The molecule has 0 aliphatic carbocycles. The monoisotopic (exact) mass is 219 g/mol. The van der Waals surface area contributed by atoms with Crippen LogP contribution in [0.25, 0.3) is 0 Å². The molecule has 0 atom stereocenters. The second kappa shape index (κ2) is 7.45. The molecular weight excluding hydrogens is 194 g/mol. The molecule has 1 saturated heterocycles. The Labute approximate surface area is 100 Å². The van der Waals surface area contributed by atoms with E-state index in [-0.39, 0.29) is 0 Å². The van der Waals surface area contributed by atoms with Crippen LogP contribution < -0.4 is 5.32 Å². The third kappa shape index (κ3) is 3.64. The summed E-state index contributed by atoms with van der Waals surface area (Å²) in [6, 6.07) is 9.18. The first-order valence-corrected chi connectivity index (χ1v) is 6.69. The van der Waals surface area contributed by atoms with E-state index >= 15 is 0 Å². The number of nitrogens with one attached hydrogen (secondary N) is 1. The summed E-state index contributed by atoms with van der Waals surface area (Å²) in [5, 5.41) is 3.41. The van der Waals surface area contributed by atoms with Gasteiger partial charge in [0.1, 0.15) is 0 Å². The molecule has 0 aromatic heterocycles. The lowest BCUT2D eigenvalue weighted by Crippen LogP contribution is -2.26. The van der Waals surface area contributed by atoms with Gasteiger partial charge in [-0.05, 0) is 49.4 Å². The summed E-state index contributed by atoms with van der Waals surface area (Å²) in [6.45, 7) is 8.57. The first kappa shape index (κ1) is 13.2. The second-order valence-electron chi connectivity index (χ2n) is 4.12. The summed E-state index contributed by atoms with van der Waals surface area (Å²) in [7, 11) is 0. The summed E-state index contributed by atoms with van der Waals surface area (Å²) in [6.07, 6.45) is 3.74. The lowest BCUT2D eigenvalue weighted by molar-refractivity contribution is 0.460. The summed E-state index contributed by atoms with van der Waals surface area (Å²) < 4.78 is 0. The van der Waals surface area contributed by atoms with Gasteiger partial charge in [-0.2, -0.15) is 0 Å². The van der Waals surface area contributed by atoms with E-state index in [2.05, 4.69) is 36.5 Å². The van der Waals surface area contributed by atoms with Gasteiger partial charge in [-0.25, -0.2) is 0 Å². The van der Waals surface area contributed by atoms with Crippen molar-refractivity contribution in [3.8, 4) is 0 Å². The third-order valence-electron chi connectivity index (χ3n) is 3.20. The van der Waals surface area contributed by atoms with Crippen molar-refractivity contribution in [1.82, 2.24) is 5.32 Å². The largest absolute Gasteiger partial charge is 0.317 e. The summed E-state index contributed by atoms with van der Waals surface area (Å²) >= 11 is 0. The average Bonchev–Trinajstić information content (AvgIpc) is 2.42. The first-order chi connectivity index (χ1) is 7.90. The van der Waals surface area contributed by atoms with E-state index in [1.165, 1.54) is 37.1 Å². The van der Waals surface area contributed by atoms with Crippen LogP contribution in [0.1, 0.15) is 50.7 Å². The molecule has 1 fully saturated rings. The molecule has 1 aliphatic rings. The maximum Gasteiger partial charge on any atom is -0.00431 e. The number of rotatable bonds is 2. The fourth-order valence-corrected chi connectivity index (χ4v) is 2.18. The van der Waals surface area contributed by atoms with Crippen molar-refractivity contribution in [3.05, 3.63) is 35.4 Å². The molecular formula is C15H25N. The molecule has 1 N–H and O–H groups in total. The third-order valence-corrected chi connectivity index (χ3v) is 3.20. The van der Waals surface area contributed by atoms with Gasteiger partial charge in [0, 0.05) is 0 Å². The zero-order chi connectivity index (χ0) is 11.8. The van der Waals surface area contributed by atoms with Crippen LogP contribution >= 0.6 is 0 Å². The number of aryl methyl sites for hydroxylation is 1. The van der Waals surface area contributed by atoms with Crippen LogP contribution in [0, 0.1) is 0 Å². The fourth-order valence-electron chi connectivity index (χ4n) is 2.18. The van der Waals surface area contributed by atoms with Crippen molar-refractivity contribution in [1.29, 1.82) is 0 Å². The van der Waals surface area contributed by atoms with E-state index in [1.54, 1.807) is 0 Å². The molecule has 2 rings (SSSR count). The number of benzene rings is 1. The van der Waals surface area contributed by atoms with Crippen molar-refractivity contribution < 1.29 is 0 Å². The standard InChI is InChI=1S/C13H19N.C2H6/c1-2-11-3-5-12(6-4-11)13-7-9-14-10-8-13;1-2/h3-6,13-14H,2,7-10H2,1H3;1-2H3. The smallest absolute Gasteiger partial charge is 0.00431 e. The lowest BCUT2D eigenvalue weighted by Gasteiger charge is -2.23. The molecule has 1 heteroatoms. The first-order valence-electron chi connectivity index (χ1n) is 6.69. The zero-order valence-electron chi connectivity index (χ0n) is 10.9. The van der Waals surface area contributed by atoms with Crippen LogP contribution in [-0.4, -0.2) is 13.1 Å². The van der Waals surface area contributed by atoms with Gasteiger partial charge in [-0.3, -0.25) is 0 Å². The molecule has 0 amide bonds. The Bertz CT molecular complexity index is 270. The average molecular weight is 219 g/mol. The molecule has 0 saturated carbocycles. The molecule has 1 aromatic rings. The van der Waals surface area contributed by atoms with Crippen LogP contribution in [0.2, 0.25) is 0 Å². The molecule has 16 heavy (non-hydrogen) atoms. The quantitative estimate of drug-likeness (QED) is 0.799. The summed E-state index contributed by atoms with van der Waals surface area (Å²) in [5.74, 6) is 0.794. The molecule has 1 aliphatic heterocycles. The van der Waals surface area contributed by atoms with E-state index < -0.39 is 0 Å². The van der Waals surface area contributed by atoms with Crippen LogP contribution in [0.5, 0.6) is 0 Å². The number of hydrogen-bond donors (Lipinski definition) is 1. The number of piperidine rings is 1. The minimum atomic E-state index is 0.794. The predicted octanol–water partition coefficient (Wildman–Crippen LogP) is 3.74. The predicted molar refractivity (Wildman–Crippen MR) is 72.0 cm³/mol. The Balaban J connectivity index is 0.000000606. The van der Waals surface area contributed by atoms with Gasteiger partial charge < -0.3 is 5.32 Å². The molecule has 1 nitrogen and oxygen atoms in total. The Morgan fingerprint density at radius 3 is 2.12 bits per heavy atom. The Morgan fingerprint density at radius 2 is 1.62 bits per heavy atom. The highest BCUT2D eigenvalue weighted by Crippen LogP contribution is 2.25. The van der Waals surface area contributed by atoms with Crippen molar-refractivity contribution in [2.45, 2.75) is 46.0 Å². The fraction of sp³-hybridized carbons (Fsp3) is 0.600. The number of hydrogen-bond acceptors (Lipinski definition) is 1. The highest BCUT2D eigenvalue weighted by atomic mass is 14.9. The summed E-state index contributed by atoms with van der Waals surface area (Å²) in [5.41, 5.74) is 2.98. The van der Waals surface area contributed by atoms with E-state index in [0.29, 0.717) is 0 Å². The van der Waals surface area contributed by atoms with Crippen LogP contribution in [0.3, 0.4) is 0 Å². The van der Waals surface area contributed by atoms with Crippen LogP contribution in [0.4, 0.5) is 0 Å². The van der Waals surface area contributed by atoms with Gasteiger partial charge in [-0.15, -0.1) is 0 Å². The molecule has 0 unspecified atom stereocenters. The minimum Gasteiger partial charge on any atom is -0.317 e. The van der Waals surface area contributed by atoms with Gasteiger partial charge in [0.15, 0.2) is 0 Å². The van der Waals surface area contributed by atoms with Gasteiger partial charge in [-0.1, -0.05) is 45.0 Å². The van der Waals surface area contributed by atoms with Crippen molar-refractivity contribution in [2.75, 3.05) is 13.1 Å². The molecule has 0 radical (unpaired) electrons. The van der Waals surface area contributed by atoms with Gasteiger partial charge in [0.25, 0.3) is 0 Å². The second-order valence-corrected chi connectivity index (χ2v) is 4.12. The van der Waals surface area contributed by atoms with Crippen molar-refractivity contribution in [3.63, 3.8) is 0 Å². The normalized spacial score (nSPS) is 16.4. The Kier molecular flexibility index (Phi) is 6.17. The summed E-state index contributed by atoms with van der Waals surface area (Å²) in [4.78, 5) is 0. The van der Waals surface area contributed by atoms with Crippen molar-refractivity contribution >= 4 is 0 Å². The molecule has 1 heterocycles. The highest BCUT2D eigenvalue weighted by Gasteiger charge is 2.14. The van der Waals surface area contributed by atoms with Crippen LogP contribution in [0.15, 0.2) is 24.3 Å². The molecule has 90 valence electrons. The highest BCUT2D eigenvalue weighted by molar-refractivity contribution is 5.25. The van der Waals surface area contributed by atoms with Gasteiger partial charge >= 0.3 is 0 Å². The Morgan fingerprint density at radius 1 is 1.06 bits per heavy atom. The topological polar surface area (TPSA) is 12.0 Å². The van der Waals surface area contributed by atoms with Gasteiger partial charge in [0.2, 0.25) is 0 Å². The van der Waals surface area contributed by atoms with E-state index in [4.69, 9.17) is 0 Å². The molecule has 0 spiro atoms. The van der Waals surface area contributed by atoms with Crippen molar-refractivity contribution in [2.24, 2.45) is 0 Å². The lowest BCUT2D eigenvalue weighted by atomic mass is 9.90.